The third-order valence-electron chi connectivity index (χ3n) is 0. The van der Waals surface area contributed by atoms with Gasteiger partial charge in [-0.3, -0.25) is 0 Å². The van der Waals surface area contributed by atoms with E-state index in [1.807, 2.05) is 0 Å². The van der Waals surface area contributed by atoms with Gasteiger partial charge < -0.3 is 17.2 Å². The summed E-state index contributed by atoms with van der Waals surface area (Å²) in [5.41, 5.74) is 9.75. The maximum atomic E-state index is 3.25. The van der Waals surface area contributed by atoms with E-state index in [9.17, 15) is 0 Å². The molecule has 0 saturated heterocycles. The summed E-state index contributed by atoms with van der Waals surface area (Å²) in [5, 5.41) is 0. The van der Waals surface area contributed by atoms with Crippen molar-refractivity contribution < 1.29 is 17.2 Å². The second kappa shape index (κ2) is 5100. The van der Waals surface area contributed by atoms with Crippen LogP contribution in [0.4, 0.5) is 0 Å². The monoisotopic (exact) mass is 96.1 g/mol. The van der Waals surface area contributed by atoms with Gasteiger partial charge in [0.2, 0.25) is 0 Å². The fourth-order valence-electron chi connectivity index (χ4n) is 0. The van der Waals surface area contributed by atoms with Gasteiger partial charge in [-0.15, -0.1) is 0 Å². The average Bonchev–Trinajstić information content (AvgIpc) is 1.81. The lowest BCUT2D eigenvalue weighted by Gasteiger charge is -1.17. The maximum absolute atomic E-state index is 3.25. The summed E-state index contributed by atoms with van der Waals surface area (Å²) in [4.78, 5) is 0. The Bertz CT molecular complexity index is 6.00. The Morgan fingerprint density at radius 1 is 0.500 bits per heavy atom. The smallest absolute Gasteiger partial charge is 0.0634 e. The lowest BCUT2D eigenvalue weighted by atomic mass is 11.6. The molecule has 0 radical (unpaired) electrons. The molecule has 0 aromatic carbocycles. The minimum absolute atomic E-state index is 1.75. The van der Waals surface area contributed by atoms with E-state index in [2.05, 4.69) is 17.2 Å². The van der Waals surface area contributed by atoms with E-state index in [1.165, 1.54) is 0 Å². The van der Waals surface area contributed by atoms with Gasteiger partial charge in [0.1, 0.15) is 0 Å². The minimum atomic E-state index is 1.75. The predicted molar refractivity (Wildman–Crippen MR) is 26.4 cm³/mol. The Balaban J connectivity index is -0.0000000225. The Morgan fingerprint density at radius 3 is 0.500 bits per heavy atom. The van der Waals surface area contributed by atoms with Gasteiger partial charge in [-0.25, -0.2) is 0 Å². The fourth-order valence-corrected chi connectivity index (χ4v) is 0. The van der Waals surface area contributed by atoms with Crippen LogP contribution in [0.3, 0.4) is 0 Å². The Hall–Kier alpha value is -0.120. The highest BCUT2D eigenvalue weighted by molar-refractivity contribution is 3.08. The van der Waals surface area contributed by atoms with Crippen LogP contribution in [0.5, 0.6) is 0 Å². The molecule has 0 rings (SSSR count). The molecule has 6 heavy (non-hydrogen) atoms. The first kappa shape index (κ1) is 16.9. The number of hydrogen-bond donors (Lipinski definition) is 3. The molecule has 0 heterocycles. The van der Waals surface area contributed by atoms with Crippen LogP contribution >= 0.6 is 0 Å². The number of rotatable bonds is 0. The molecule has 0 aliphatic carbocycles. The Morgan fingerprint density at radius 2 is 0.500 bits per heavy atom. The molecule has 0 spiro atoms. The highest BCUT2D eigenvalue weighted by Crippen LogP contribution is 0.254. The molecule has 0 bridgehead atoms. The molecule has 0 aromatic rings. The van der Waals surface area contributed by atoms with E-state index >= 15 is 0 Å². The highest BCUT2D eigenvalue weighted by Gasteiger charge is 0.878. The number of quaternary nitrogens is 3. The summed E-state index contributed by atoms with van der Waals surface area (Å²) < 4.78 is 0. The molecule has 42 valence electrons. The molecule has 0 unspecified atom stereocenters. The lowest BCUT2D eigenvalue weighted by Crippen LogP contribution is -2.40. The summed E-state index contributed by atoms with van der Waals surface area (Å²) in [6.07, 6.45) is 0. The van der Waals surface area contributed by atoms with Crippen LogP contribution in [0.25, 0.3) is 0 Å². The summed E-state index contributed by atoms with van der Waals surface area (Å²) in [6, 6.07) is 0. The first-order chi connectivity index (χ1) is 3.00. The molecule has 3 heteroatoms. The highest BCUT2D eigenvalue weighted by atomic mass is 14.4. The van der Waals surface area contributed by atoms with Crippen molar-refractivity contribution >= 4 is 0 Å². The predicted octanol–water partition coefficient (Wildman–Crippen LogP) is -3.43. The van der Waals surface area contributed by atoms with E-state index in [4.69, 9.17) is 0 Å². The van der Waals surface area contributed by atoms with E-state index < -0.39 is 0 Å². The second-order valence-corrected chi connectivity index (χ2v) is 0. The van der Waals surface area contributed by atoms with Crippen LogP contribution in [-0.4, -0.2) is 21.1 Å². The topological polar surface area (TPSA) is 82.9 Å². The van der Waals surface area contributed by atoms with Crippen molar-refractivity contribution in [3.05, 3.63) is 0 Å². The third-order valence-corrected chi connectivity index (χ3v) is 0. The molecule has 0 aliphatic heterocycles. The van der Waals surface area contributed by atoms with Gasteiger partial charge in [0.15, 0.2) is 0 Å². The van der Waals surface area contributed by atoms with Gasteiger partial charge >= 0.3 is 0 Å². The first-order valence-corrected chi connectivity index (χ1v) is 2.12. The van der Waals surface area contributed by atoms with Crippen molar-refractivity contribution in [2.75, 3.05) is 21.1 Å². The van der Waals surface area contributed by atoms with Crippen LogP contribution in [0.15, 0.2) is 0 Å². The van der Waals surface area contributed by atoms with Gasteiger partial charge in [0.05, 0.1) is 21.1 Å². The van der Waals surface area contributed by atoms with Crippen LogP contribution in [-0.2, 0) is 0 Å². The van der Waals surface area contributed by atoms with Crippen molar-refractivity contribution in [1.82, 2.24) is 0 Å². The standard InChI is InChI=1S/3CH5N/c3*1-2/h3*2H2,1H3/p+3. The fraction of sp³-hybridized carbons (Fsp3) is 1.00. The van der Waals surface area contributed by atoms with E-state index in [0.29, 0.717) is 0 Å². The average molecular weight is 96.2 g/mol. The van der Waals surface area contributed by atoms with Crippen LogP contribution in [0, 0.1) is 0 Å². The van der Waals surface area contributed by atoms with E-state index in [1.54, 1.807) is 21.1 Å². The van der Waals surface area contributed by atoms with Crippen LogP contribution < -0.4 is 17.2 Å². The van der Waals surface area contributed by atoms with Crippen molar-refractivity contribution in [2.24, 2.45) is 0 Å². The molecule has 0 aromatic heterocycles. The minimum Gasteiger partial charge on any atom is -0.360 e. The summed E-state index contributed by atoms with van der Waals surface area (Å²) in [5.74, 6) is 0. The van der Waals surface area contributed by atoms with E-state index in [-0.39, 0.29) is 0 Å². The van der Waals surface area contributed by atoms with Gasteiger partial charge in [-0.2, -0.15) is 0 Å². The van der Waals surface area contributed by atoms with Crippen LogP contribution in [0.1, 0.15) is 0 Å². The van der Waals surface area contributed by atoms with E-state index in [0.717, 1.165) is 0 Å². The van der Waals surface area contributed by atoms with Crippen molar-refractivity contribution in [2.45, 2.75) is 0 Å². The Labute approximate surface area is 39.5 Å². The van der Waals surface area contributed by atoms with Gasteiger partial charge in [0.25, 0.3) is 0 Å². The normalized spacial score (nSPS) is 3.00. The van der Waals surface area contributed by atoms with Gasteiger partial charge in [0, 0.05) is 0 Å². The van der Waals surface area contributed by atoms with Crippen LogP contribution in [0.2, 0.25) is 0 Å². The summed E-state index contributed by atoms with van der Waals surface area (Å²) in [7, 11) is 5.25. The number of hydrogen-bond acceptors (Lipinski definition) is 0. The zero-order valence-electron chi connectivity index (χ0n) is 5.12. The van der Waals surface area contributed by atoms with Crippen molar-refractivity contribution in [3.8, 4) is 0 Å². The SMILES string of the molecule is C[NH3+].C[NH3+].C[NH3+]. The molecule has 0 amide bonds. The molecule has 0 fully saturated rings. The van der Waals surface area contributed by atoms with Crippen molar-refractivity contribution in [3.63, 3.8) is 0 Å². The molecular weight excluding hydrogens is 78.1 g/mol. The Kier molecular flexibility index (Phi) is 14400. The summed E-state index contributed by atoms with van der Waals surface area (Å²) >= 11 is 0. The second-order valence-electron chi connectivity index (χ2n) is 0. The zero-order valence-corrected chi connectivity index (χ0v) is 5.12. The van der Waals surface area contributed by atoms with Gasteiger partial charge in [-0.05, 0) is 0 Å². The summed E-state index contributed by atoms with van der Waals surface area (Å²) in [6.45, 7) is 0. The molecule has 3 nitrogen and oxygen atoms in total. The molecule has 0 atom stereocenters. The largest absolute Gasteiger partial charge is 0.360 e. The quantitative estimate of drug-likeness (QED) is 0.280. The molecule has 9 N–H and O–H groups in total. The molecular formula is C3H18N3+3. The lowest BCUT2D eigenvalue weighted by molar-refractivity contribution is -0.325. The first-order valence-electron chi connectivity index (χ1n) is 2.12. The van der Waals surface area contributed by atoms with Gasteiger partial charge in [-0.1, -0.05) is 0 Å². The maximum Gasteiger partial charge on any atom is 0.0634 e. The molecule has 0 saturated carbocycles. The third kappa shape index (κ3) is 2230. The molecule has 0 aliphatic rings. The zero-order chi connectivity index (χ0) is 6.00. The van der Waals surface area contributed by atoms with Crippen molar-refractivity contribution in [1.29, 1.82) is 0 Å².